The zero-order valence-electron chi connectivity index (χ0n) is 11.2. The normalized spacial score (nSPS) is 20.6. The van der Waals surface area contributed by atoms with Gasteiger partial charge in [-0.25, -0.2) is 4.79 Å². The quantitative estimate of drug-likeness (QED) is 0.612. The Kier molecular flexibility index (Phi) is 4.36. The summed E-state index contributed by atoms with van der Waals surface area (Å²) >= 11 is 0. The standard InChI is InChI=1S/C14H18N2O4/c1-8(17)11(14(19)20)16-13(18)12-10-5-3-2-4-9(10)6-7-15-12/h2-5,8,11-12,15,17H,6-7H2,1H3,(H,16,18)(H,19,20). The highest BCUT2D eigenvalue weighted by molar-refractivity contribution is 5.88. The average molecular weight is 278 g/mol. The van der Waals surface area contributed by atoms with E-state index in [1.54, 1.807) is 0 Å². The van der Waals surface area contributed by atoms with Gasteiger partial charge in [0.25, 0.3) is 0 Å². The Morgan fingerprint density at radius 3 is 2.75 bits per heavy atom. The number of carbonyl (C=O) groups excluding carboxylic acids is 1. The van der Waals surface area contributed by atoms with Crippen LogP contribution in [0.5, 0.6) is 0 Å². The van der Waals surface area contributed by atoms with Gasteiger partial charge in [-0.05, 0) is 24.5 Å². The molecule has 4 N–H and O–H groups in total. The van der Waals surface area contributed by atoms with Crippen molar-refractivity contribution in [3.05, 3.63) is 35.4 Å². The Morgan fingerprint density at radius 1 is 1.40 bits per heavy atom. The number of hydrogen-bond acceptors (Lipinski definition) is 4. The van der Waals surface area contributed by atoms with Crippen molar-refractivity contribution >= 4 is 11.9 Å². The van der Waals surface area contributed by atoms with Crippen LogP contribution in [0.4, 0.5) is 0 Å². The van der Waals surface area contributed by atoms with Gasteiger partial charge in [0.05, 0.1) is 6.10 Å². The highest BCUT2D eigenvalue weighted by atomic mass is 16.4. The molecule has 0 aromatic heterocycles. The molecular weight excluding hydrogens is 260 g/mol. The molecule has 1 aromatic carbocycles. The first-order valence-corrected chi connectivity index (χ1v) is 6.53. The molecule has 0 aliphatic carbocycles. The van der Waals surface area contributed by atoms with Crippen molar-refractivity contribution < 1.29 is 19.8 Å². The van der Waals surface area contributed by atoms with Crippen LogP contribution in [0.2, 0.25) is 0 Å². The zero-order valence-corrected chi connectivity index (χ0v) is 11.2. The van der Waals surface area contributed by atoms with Gasteiger partial charge in [0.1, 0.15) is 6.04 Å². The molecular formula is C14H18N2O4. The average Bonchev–Trinajstić information content (AvgIpc) is 2.43. The molecule has 6 heteroatoms. The van der Waals surface area contributed by atoms with E-state index >= 15 is 0 Å². The second kappa shape index (κ2) is 6.02. The summed E-state index contributed by atoms with van der Waals surface area (Å²) < 4.78 is 0. The SMILES string of the molecule is CC(O)C(NC(=O)C1NCCc2ccccc21)C(=O)O. The molecule has 108 valence electrons. The molecule has 3 atom stereocenters. The third kappa shape index (κ3) is 2.97. The van der Waals surface area contributed by atoms with E-state index in [9.17, 15) is 14.7 Å². The third-order valence-electron chi connectivity index (χ3n) is 3.42. The van der Waals surface area contributed by atoms with Crippen molar-refractivity contribution in [2.75, 3.05) is 6.54 Å². The van der Waals surface area contributed by atoms with E-state index in [2.05, 4.69) is 10.6 Å². The monoisotopic (exact) mass is 278 g/mol. The smallest absolute Gasteiger partial charge is 0.328 e. The Morgan fingerprint density at radius 2 is 2.10 bits per heavy atom. The number of benzene rings is 1. The van der Waals surface area contributed by atoms with Crippen LogP contribution in [-0.2, 0) is 16.0 Å². The predicted octanol–water partition coefficient (Wildman–Crippen LogP) is -0.176. The van der Waals surface area contributed by atoms with Crippen molar-refractivity contribution in [2.45, 2.75) is 31.5 Å². The molecule has 20 heavy (non-hydrogen) atoms. The minimum atomic E-state index is -1.31. The van der Waals surface area contributed by atoms with Crippen LogP contribution >= 0.6 is 0 Å². The summed E-state index contributed by atoms with van der Waals surface area (Å²) in [6, 6.07) is 5.67. The van der Waals surface area contributed by atoms with E-state index in [0.717, 1.165) is 17.5 Å². The number of aliphatic carboxylic acids is 1. The fourth-order valence-electron chi connectivity index (χ4n) is 2.36. The van der Waals surface area contributed by atoms with E-state index in [1.807, 2.05) is 24.3 Å². The van der Waals surface area contributed by atoms with E-state index in [-0.39, 0.29) is 0 Å². The molecule has 1 aliphatic rings. The lowest BCUT2D eigenvalue weighted by Gasteiger charge is -2.27. The number of aliphatic hydroxyl groups is 1. The summed E-state index contributed by atoms with van der Waals surface area (Å²) in [6.45, 7) is 1.99. The number of rotatable bonds is 4. The number of hydrogen-bond donors (Lipinski definition) is 4. The summed E-state index contributed by atoms with van der Waals surface area (Å²) in [5, 5.41) is 23.8. The lowest BCUT2D eigenvalue weighted by molar-refractivity contribution is -0.145. The summed E-state index contributed by atoms with van der Waals surface area (Å²) in [4.78, 5) is 23.2. The minimum absolute atomic E-state index is 0.439. The van der Waals surface area contributed by atoms with Gasteiger partial charge in [-0.1, -0.05) is 24.3 Å². The number of fused-ring (bicyclic) bond motifs is 1. The third-order valence-corrected chi connectivity index (χ3v) is 3.42. The van der Waals surface area contributed by atoms with Crippen molar-refractivity contribution in [1.82, 2.24) is 10.6 Å². The summed E-state index contributed by atoms with van der Waals surface area (Å²) in [5.41, 5.74) is 1.93. The topological polar surface area (TPSA) is 98.7 Å². The van der Waals surface area contributed by atoms with Crippen molar-refractivity contribution in [1.29, 1.82) is 0 Å². The maximum absolute atomic E-state index is 12.2. The number of amides is 1. The Bertz CT molecular complexity index is 516. The van der Waals surface area contributed by atoms with Gasteiger partial charge in [0.15, 0.2) is 6.04 Å². The predicted molar refractivity (Wildman–Crippen MR) is 72.1 cm³/mol. The van der Waals surface area contributed by atoms with Gasteiger partial charge >= 0.3 is 5.97 Å². The van der Waals surface area contributed by atoms with Gasteiger partial charge < -0.3 is 20.8 Å². The summed E-state index contributed by atoms with van der Waals surface area (Å²) in [7, 11) is 0. The van der Waals surface area contributed by atoms with Gasteiger partial charge in [0, 0.05) is 6.54 Å². The lowest BCUT2D eigenvalue weighted by atomic mass is 9.93. The Labute approximate surface area is 116 Å². The van der Waals surface area contributed by atoms with Gasteiger partial charge in [-0.15, -0.1) is 0 Å². The highest BCUT2D eigenvalue weighted by Gasteiger charge is 2.31. The summed E-state index contributed by atoms with van der Waals surface area (Å²) in [6.07, 6.45) is -0.325. The minimum Gasteiger partial charge on any atom is -0.480 e. The second-order valence-electron chi connectivity index (χ2n) is 4.90. The molecule has 0 spiro atoms. The van der Waals surface area contributed by atoms with Crippen LogP contribution in [0.15, 0.2) is 24.3 Å². The van der Waals surface area contributed by atoms with E-state index < -0.39 is 30.1 Å². The van der Waals surface area contributed by atoms with Crippen LogP contribution in [0, 0.1) is 0 Å². The zero-order chi connectivity index (χ0) is 14.7. The van der Waals surface area contributed by atoms with Gasteiger partial charge in [0.2, 0.25) is 5.91 Å². The number of carbonyl (C=O) groups is 2. The Balaban J connectivity index is 2.16. The van der Waals surface area contributed by atoms with E-state index in [1.165, 1.54) is 6.92 Å². The van der Waals surface area contributed by atoms with Crippen molar-refractivity contribution in [3.63, 3.8) is 0 Å². The fourth-order valence-corrected chi connectivity index (χ4v) is 2.36. The van der Waals surface area contributed by atoms with E-state index in [4.69, 9.17) is 5.11 Å². The number of carboxylic acid groups (broad SMARTS) is 1. The molecule has 0 saturated carbocycles. The second-order valence-corrected chi connectivity index (χ2v) is 4.90. The molecule has 6 nitrogen and oxygen atoms in total. The van der Waals surface area contributed by atoms with Crippen LogP contribution in [0.3, 0.4) is 0 Å². The molecule has 0 saturated heterocycles. The fraction of sp³-hybridized carbons (Fsp3) is 0.429. The molecule has 1 heterocycles. The van der Waals surface area contributed by atoms with Crippen LogP contribution in [0.1, 0.15) is 24.1 Å². The molecule has 1 amide bonds. The molecule has 0 radical (unpaired) electrons. The molecule has 1 aromatic rings. The summed E-state index contributed by atoms with van der Waals surface area (Å²) in [5.74, 6) is -1.69. The number of nitrogens with one attached hydrogen (secondary N) is 2. The Hall–Kier alpha value is -1.92. The van der Waals surface area contributed by atoms with Gasteiger partial charge in [-0.3, -0.25) is 4.79 Å². The molecule has 3 unspecified atom stereocenters. The molecule has 0 bridgehead atoms. The number of aliphatic hydroxyl groups excluding tert-OH is 1. The maximum Gasteiger partial charge on any atom is 0.328 e. The van der Waals surface area contributed by atoms with Gasteiger partial charge in [-0.2, -0.15) is 0 Å². The van der Waals surface area contributed by atoms with Crippen LogP contribution < -0.4 is 10.6 Å². The largest absolute Gasteiger partial charge is 0.480 e. The van der Waals surface area contributed by atoms with Crippen LogP contribution in [-0.4, -0.2) is 40.8 Å². The highest BCUT2D eigenvalue weighted by Crippen LogP contribution is 2.22. The van der Waals surface area contributed by atoms with Crippen LogP contribution in [0.25, 0.3) is 0 Å². The molecule has 0 fully saturated rings. The van der Waals surface area contributed by atoms with E-state index in [0.29, 0.717) is 6.54 Å². The molecule has 1 aliphatic heterocycles. The lowest BCUT2D eigenvalue weighted by Crippen LogP contribution is -2.51. The molecule has 2 rings (SSSR count). The van der Waals surface area contributed by atoms with Crippen molar-refractivity contribution in [3.8, 4) is 0 Å². The maximum atomic E-state index is 12.2. The first-order chi connectivity index (χ1) is 9.50. The first-order valence-electron chi connectivity index (χ1n) is 6.53. The first kappa shape index (κ1) is 14.5. The van der Waals surface area contributed by atoms with Crippen molar-refractivity contribution in [2.24, 2.45) is 0 Å². The number of carboxylic acids is 1.